The number of carbonyl (C=O) groups excluding carboxylic acids is 1. The Hall–Kier alpha value is -1.66. The second-order valence-corrected chi connectivity index (χ2v) is 7.06. The highest BCUT2D eigenvalue weighted by Gasteiger charge is 2.31. The lowest BCUT2D eigenvalue weighted by Crippen LogP contribution is -2.40. The van der Waals surface area contributed by atoms with Gasteiger partial charge in [-0.05, 0) is 19.4 Å². The summed E-state index contributed by atoms with van der Waals surface area (Å²) in [6, 6.07) is 3.95. The lowest BCUT2D eigenvalue weighted by molar-refractivity contribution is 0.0925. The van der Waals surface area contributed by atoms with Gasteiger partial charge >= 0.3 is 0 Å². The largest absolute Gasteiger partial charge is 0.379 e. The number of thiophene rings is 1. The van der Waals surface area contributed by atoms with Crippen molar-refractivity contribution in [2.75, 3.05) is 13.2 Å². The minimum atomic E-state index is -0.0159. The number of hydrogen-bond acceptors (Lipinski definition) is 5. The van der Waals surface area contributed by atoms with Crippen molar-refractivity contribution in [3.8, 4) is 0 Å². The molecule has 124 valence electrons. The van der Waals surface area contributed by atoms with Crippen LogP contribution < -0.4 is 5.32 Å². The molecule has 0 aliphatic carbocycles. The highest BCUT2D eigenvalue weighted by molar-refractivity contribution is 7.10. The molecule has 0 aromatic carbocycles. The molecule has 0 radical (unpaired) electrons. The predicted molar refractivity (Wildman–Crippen MR) is 88.8 cm³/mol. The molecule has 1 fully saturated rings. The van der Waals surface area contributed by atoms with Gasteiger partial charge in [0, 0.05) is 28.7 Å². The number of aromatic nitrogens is 1. The van der Waals surface area contributed by atoms with E-state index in [0.717, 1.165) is 36.3 Å². The van der Waals surface area contributed by atoms with E-state index < -0.39 is 0 Å². The normalized spacial score (nSPS) is 20.8. The Labute approximate surface area is 140 Å². The first-order chi connectivity index (χ1) is 11.2. The number of amides is 1. The number of rotatable bonds is 6. The summed E-state index contributed by atoms with van der Waals surface area (Å²) < 4.78 is 10.8. The van der Waals surface area contributed by atoms with Crippen molar-refractivity contribution < 1.29 is 14.1 Å². The van der Waals surface area contributed by atoms with E-state index >= 15 is 0 Å². The molecule has 1 aliphatic heterocycles. The first-order valence-electron chi connectivity index (χ1n) is 8.04. The van der Waals surface area contributed by atoms with Crippen molar-refractivity contribution in [3.63, 3.8) is 0 Å². The number of aryl methyl sites for hydroxylation is 2. The lowest BCUT2D eigenvalue weighted by Gasteiger charge is -2.17. The van der Waals surface area contributed by atoms with Crippen molar-refractivity contribution in [2.24, 2.45) is 5.92 Å². The predicted octanol–water partition coefficient (Wildman–Crippen LogP) is 2.98. The maximum atomic E-state index is 12.4. The van der Waals surface area contributed by atoms with Gasteiger partial charge in [0.05, 0.1) is 30.5 Å². The molecular formula is C17H22N2O3S. The number of ether oxygens (including phenoxy) is 1. The average molecular weight is 334 g/mol. The summed E-state index contributed by atoms with van der Waals surface area (Å²) in [5.41, 5.74) is 1.63. The van der Waals surface area contributed by atoms with Crippen LogP contribution in [0.2, 0.25) is 0 Å². The molecule has 1 saturated heterocycles. The second-order valence-electron chi connectivity index (χ2n) is 6.07. The molecule has 1 aliphatic rings. The van der Waals surface area contributed by atoms with E-state index in [2.05, 4.69) is 17.4 Å². The summed E-state index contributed by atoms with van der Waals surface area (Å²) in [7, 11) is 0. The number of nitrogens with zero attached hydrogens (tertiary/aromatic N) is 1. The van der Waals surface area contributed by atoms with Gasteiger partial charge in [0.15, 0.2) is 0 Å². The molecule has 3 heterocycles. The Morgan fingerprint density at radius 2 is 2.30 bits per heavy atom. The molecule has 2 unspecified atom stereocenters. The Balaban J connectivity index is 1.60. The van der Waals surface area contributed by atoms with Crippen molar-refractivity contribution in [1.29, 1.82) is 0 Å². The summed E-state index contributed by atoms with van der Waals surface area (Å²) in [6.45, 7) is 5.23. The zero-order chi connectivity index (χ0) is 16.2. The van der Waals surface area contributed by atoms with Gasteiger partial charge in [0.2, 0.25) is 0 Å². The van der Waals surface area contributed by atoms with E-state index in [4.69, 9.17) is 9.26 Å². The Morgan fingerprint density at radius 1 is 1.43 bits per heavy atom. The second kappa shape index (κ2) is 7.27. The van der Waals surface area contributed by atoms with Crippen molar-refractivity contribution in [1.82, 2.24) is 10.5 Å². The van der Waals surface area contributed by atoms with E-state index in [1.165, 1.54) is 4.88 Å². The Bertz CT molecular complexity index is 664. The number of carbonyl (C=O) groups is 1. The van der Waals surface area contributed by atoms with Crippen LogP contribution in [0.1, 0.15) is 40.0 Å². The lowest BCUT2D eigenvalue weighted by atomic mass is 9.98. The third kappa shape index (κ3) is 4.00. The molecule has 2 atom stereocenters. The molecule has 1 amide bonds. The highest BCUT2D eigenvalue weighted by Crippen LogP contribution is 2.21. The summed E-state index contributed by atoms with van der Waals surface area (Å²) in [5.74, 6) is 1.05. The van der Waals surface area contributed by atoms with Gasteiger partial charge in [-0.3, -0.25) is 4.79 Å². The molecule has 6 heteroatoms. The highest BCUT2D eigenvalue weighted by atomic mass is 32.1. The van der Waals surface area contributed by atoms with Crippen LogP contribution in [0.25, 0.3) is 0 Å². The van der Waals surface area contributed by atoms with E-state index in [9.17, 15) is 4.79 Å². The van der Waals surface area contributed by atoms with Gasteiger partial charge in [-0.1, -0.05) is 18.5 Å². The van der Waals surface area contributed by atoms with Crippen LogP contribution in [-0.2, 0) is 17.6 Å². The quantitative estimate of drug-likeness (QED) is 0.882. The molecule has 0 bridgehead atoms. The van der Waals surface area contributed by atoms with Crippen LogP contribution in [0.3, 0.4) is 0 Å². The van der Waals surface area contributed by atoms with Crippen LogP contribution >= 0.6 is 11.3 Å². The molecule has 2 aromatic heterocycles. The first kappa shape index (κ1) is 16.2. The van der Waals surface area contributed by atoms with Crippen LogP contribution in [0.4, 0.5) is 0 Å². The van der Waals surface area contributed by atoms with Crippen molar-refractivity contribution >= 4 is 17.2 Å². The smallest absolute Gasteiger partial charge is 0.252 e. The third-order valence-electron chi connectivity index (χ3n) is 4.07. The number of hydrogen-bond donors (Lipinski definition) is 1. The van der Waals surface area contributed by atoms with Crippen LogP contribution in [-0.4, -0.2) is 30.3 Å². The summed E-state index contributed by atoms with van der Waals surface area (Å²) >= 11 is 1.65. The zero-order valence-corrected chi connectivity index (χ0v) is 14.3. The van der Waals surface area contributed by atoms with Gasteiger partial charge in [-0.15, -0.1) is 11.3 Å². The fraction of sp³-hybridized carbons (Fsp3) is 0.529. The van der Waals surface area contributed by atoms with Crippen LogP contribution in [0.5, 0.6) is 0 Å². The zero-order valence-electron chi connectivity index (χ0n) is 13.5. The van der Waals surface area contributed by atoms with Crippen LogP contribution in [0, 0.1) is 12.8 Å². The monoisotopic (exact) mass is 334 g/mol. The minimum Gasteiger partial charge on any atom is -0.379 e. The van der Waals surface area contributed by atoms with Crippen molar-refractivity contribution in [3.05, 3.63) is 39.4 Å². The molecular weight excluding hydrogens is 312 g/mol. The fourth-order valence-corrected chi connectivity index (χ4v) is 3.83. The minimum absolute atomic E-state index is 0.0159. The fourth-order valence-electron chi connectivity index (χ4n) is 2.86. The molecule has 0 saturated carbocycles. The molecule has 3 rings (SSSR count). The topological polar surface area (TPSA) is 64.4 Å². The maximum Gasteiger partial charge on any atom is 0.252 e. The maximum absolute atomic E-state index is 12.4. The van der Waals surface area contributed by atoms with Crippen molar-refractivity contribution in [2.45, 2.75) is 39.2 Å². The molecule has 0 spiro atoms. The van der Waals surface area contributed by atoms with Gasteiger partial charge in [-0.25, -0.2) is 0 Å². The Morgan fingerprint density at radius 3 is 3.04 bits per heavy atom. The first-order valence-corrected chi connectivity index (χ1v) is 8.92. The van der Waals surface area contributed by atoms with Gasteiger partial charge < -0.3 is 14.6 Å². The summed E-state index contributed by atoms with van der Waals surface area (Å²) in [6.07, 6.45) is 2.85. The van der Waals surface area contributed by atoms with Gasteiger partial charge in [-0.2, -0.15) is 0 Å². The van der Waals surface area contributed by atoms with E-state index in [1.807, 2.05) is 24.4 Å². The molecule has 23 heavy (non-hydrogen) atoms. The van der Waals surface area contributed by atoms with Gasteiger partial charge in [0.1, 0.15) is 5.76 Å². The summed E-state index contributed by atoms with van der Waals surface area (Å²) in [5, 5.41) is 8.95. The van der Waals surface area contributed by atoms with E-state index in [0.29, 0.717) is 13.2 Å². The Kier molecular flexibility index (Phi) is 5.13. The molecule has 2 aromatic rings. The molecule has 1 N–H and O–H groups in total. The van der Waals surface area contributed by atoms with E-state index in [1.54, 1.807) is 11.3 Å². The third-order valence-corrected chi connectivity index (χ3v) is 5.06. The average Bonchev–Trinajstić information content (AvgIpc) is 3.23. The molecule has 5 nitrogen and oxygen atoms in total. The van der Waals surface area contributed by atoms with E-state index in [-0.39, 0.29) is 17.9 Å². The standard InChI is InChI=1S/C17H22N2O3S/c1-3-4-15-7-13(10-23-15)17(20)18-16-9-21-8-12(16)6-14-5-11(2)19-22-14/h5,7,10,12,16H,3-4,6,8-9H2,1-2H3,(H,18,20). The van der Waals surface area contributed by atoms with Crippen LogP contribution in [0.15, 0.2) is 22.0 Å². The number of nitrogens with one attached hydrogen (secondary N) is 1. The SMILES string of the molecule is CCCc1cc(C(=O)NC2COCC2Cc2cc(C)no2)cs1. The van der Waals surface area contributed by atoms with Gasteiger partial charge in [0.25, 0.3) is 5.91 Å². The summed E-state index contributed by atoms with van der Waals surface area (Å²) in [4.78, 5) is 13.7.